The van der Waals surface area contributed by atoms with Crippen LogP contribution in [0.4, 0.5) is 23.2 Å². The van der Waals surface area contributed by atoms with Gasteiger partial charge in [0.05, 0.1) is 11.3 Å². The highest BCUT2D eigenvalue weighted by Crippen LogP contribution is 2.45. The summed E-state index contributed by atoms with van der Waals surface area (Å²) in [5.74, 6) is -6.43. The summed E-state index contributed by atoms with van der Waals surface area (Å²) in [5, 5.41) is 11.5. The van der Waals surface area contributed by atoms with Crippen LogP contribution in [0.5, 0.6) is 0 Å². The Hall–Kier alpha value is -3.69. The van der Waals surface area contributed by atoms with Gasteiger partial charge in [0.1, 0.15) is 11.6 Å². The molecule has 2 aromatic rings. The molecule has 0 aliphatic carbocycles. The summed E-state index contributed by atoms with van der Waals surface area (Å²) < 4.78 is 55.9. The number of halogens is 4. The minimum atomic E-state index is -5.49. The van der Waals surface area contributed by atoms with Crippen molar-refractivity contribution in [2.75, 3.05) is 4.90 Å². The smallest absolute Gasteiger partial charge is 0.425 e. The first kappa shape index (κ1) is 21.0. The van der Waals surface area contributed by atoms with E-state index in [0.29, 0.717) is 0 Å². The Morgan fingerprint density at radius 1 is 1.03 bits per heavy atom. The van der Waals surface area contributed by atoms with Crippen molar-refractivity contribution in [2.45, 2.75) is 18.6 Å². The Morgan fingerprint density at radius 3 is 2.10 bits per heavy atom. The third-order valence-electron chi connectivity index (χ3n) is 4.52. The van der Waals surface area contributed by atoms with Crippen LogP contribution in [0.2, 0.25) is 0 Å². The summed E-state index contributed by atoms with van der Waals surface area (Å²) in [4.78, 5) is 38.5. The zero-order valence-electron chi connectivity index (χ0n) is 15.3. The Labute approximate surface area is 167 Å². The number of nitrogens with one attached hydrogen (secondary N) is 1. The Balaban J connectivity index is 2.19. The van der Waals surface area contributed by atoms with E-state index in [9.17, 15) is 37.1 Å². The Bertz CT molecular complexity index is 1040. The normalized spacial score (nSPS) is 21.0. The predicted octanol–water partition coefficient (Wildman–Crippen LogP) is 3.26. The molecule has 0 spiro atoms. The number of aliphatic hydroxyl groups is 1. The number of allylic oxidation sites excluding steroid dienone is 1. The fourth-order valence-corrected chi connectivity index (χ4v) is 3.17. The average molecular weight is 422 g/mol. The maximum atomic E-state index is 14.3. The summed E-state index contributed by atoms with van der Waals surface area (Å²) >= 11 is 0. The molecule has 1 aliphatic rings. The van der Waals surface area contributed by atoms with E-state index in [2.05, 4.69) is 0 Å². The van der Waals surface area contributed by atoms with Crippen LogP contribution in [-0.4, -0.2) is 34.5 Å². The number of nitrogens with zero attached hydrogens (tertiary/aromatic N) is 1. The fourth-order valence-electron chi connectivity index (χ4n) is 3.17. The minimum Gasteiger partial charge on any atom is -0.512 e. The number of aliphatic hydroxyl groups excluding tert-OH is 1. The first-order valence-electron chi connectivity index (χ1n) is 8.49. The summed E-state index contributed by atoms with van der Waals surface area (Å²) in [7, 11) is 0. The quantitative estimate of drug-likeness (QED) is 0.344. The van der Waals surface area contributed by atoms with Crippen LogP contribution >= 0.6 is 0 Å². The maximum absolute atomic E-state index is 14.3. The standard InChI is InChI=1S/C20H14F4N2O4/c1-11(27)15-17(29)26(14-5-3-2-4-6-14)18(30)19(15,20(22,23)24)25-16(28)12-7-9-13(21)10-8-12/h2-10,27H,1H3,(H,25,28). The van der Waals surface area contributed by atoms with Crippen LogP contribution < -0.4 is 10.2 Å². The number of hydrogen-bond donors (Lipinski definition) is 2. The van der Waals surface area contributed by atoms with Gasteiger partial charge in [0.2, 0.25) is 0 Å². The van der Waals surface area contributed by atoms with Crippen LogP contribution in [-0.2, 0) is 9.59 Å². The van der Waals surface area contributed by atoms with Gasteiger partial charge >= 0.3 is 6.18 Å². The zero-order valence-corrected chi connectivity index (χ0v) is 15.3. The molecular weight excluding hydrogens is 408 g/mol. The fraction of sp³-hybridized carbons (Fsp3) is 0.150. The van der Waals surface area contributed by atoms with E-state index in [0.717, 1.165) is 31.2 Å². The molecule has 156 valence electrons. The van der Waals surface area contributed by atoms with Crippen molar-refractivity contribution in [1.82, 2.24) is 5.32 Å². The third kappa shape index (κ3) is 3.19. The van der Waals surface area contributed by atoms with E-state index in [1.165, 1.54) is 30.3 Å². The van der Waals surface area contributed by atoms with Crippen molar-refractivity contribution in [3.05, 3.63) is 77.3 Å². The van der Waals surface area contributed by atoms with Gasteiger partial charge in [-0.2, -0.15) is 13.2 Å². The first-order valence-corrected chi connectivity index (χ1v) is 8.49. The molecule has 1 atom stereocenters. The molecule has 10 heteroatoms. The van der Waals surface area contributed by atoms with E-state index in [4.69, 9.17) is 0 Å². The van der Waals surface area contributed by atoms with Gasteiger partial charge in [-0.3, -0.25) is 14.4 Å². The molecule has 0 radical (unpaired) electrons. The number of carbonyl (C=O) groups excluding carboxylic acids is 3. The van der Waals surface area contributed by atoms with Crippen molar-refractivity contribution < 1.29 is 37.1 Å². The number of alkyl halides is 3. The average Bonchev–Trinajstić information content (AvgIpc) is 2.90. The molecule has 3 amide bonds. The highest BCUT2D eigenvalue weighted by Gasteiger charge is 2.72. The van der Waals surface area contributed by atoms with Gasteiger partial charge in [-0.1, -0.05) is 18.2 Å². The molecule has 1 heterocycles. The predicted molar refractivity (Wildman–Crippen MR) is 96.9 cm³/mol. The summed E-state index contributed by atoms with van der Waals surface area (Å²) in [6.45, 7) is 0.805. The van der Waals surface area contributed by atoms with Crippen molar-refractivity contribution in [3.63, 3.8) is 0 Å². The summed E-state index contributed by atoms with van der Waals surface area (Å²) in [6.07, 6.45) is -5.49. The van der Waals surface area contributed by atoms with Gasteiger partial charge in [-0.25, -0.2) is 9.29 Å². The van der Waals surface area contributed by atoms with E-state index < -0.39 is 46.6 Å². The first-order chi connectivity index (χ1) is 14.0. The van der Waals surface area contributed by atoms with Gasteiger partial charge in [0, 0.05) is 5.56 Å². The largest absolute Gasteiger partial charge is 0.512 e. The number of imide groups is 1. The lowest BCUT2D eigenvalue weighted by molar-refractivity contribution is -0.184. The van der Waals surface area contributed by atoms with E-state index in [-0.39, 0.29) is 16.2 Å². The lowest BCUT2D eigenvalue weighted by Crippen LogP contribution is -2.64. The van der Waals surface area contributed by atoms with Crippen molar-refractivity contribution in [1.29, 1.82) is 0 Å². The minimum absolute atomic E-state index is 0.173. The number of para-hydroxylation sites is 1. The number of benzene rings is 2. The SMILES string of the molecule is CC(O)=C1C(=O)N(c2ccccc2)C(=O)C1(NC(=O)c1ccc(F)cc1)C(F)(F)F. The lowest BCUT2D eigenvalue weighted by atomic mass is 9.89. The second kappa shape index (κ2) is 7.29. The van der Waals surface area contributed by atoms with Crippen LogP contribution in [0.25, 0.3) is 0 Å². The van der Waals surface area contributed by atoms with Gasteiger partial charge in [0.15, 0.2) is 0 Å². The molecule has 1 unspecified atom stereocenters. The van der Waals surface area contributed by atoms with Crippen LogP contribution in [0.3, 0.4) is 0 Å². The van der Waals surface area contributed by atoms with Gasteiger partial charge < -0.3 is 10.4 Å². The number of hydrogen-bond acceptors (Lipinski definition) is 4. The second-order valence-corrected chi connectivity index (χ2v) is 6.45. The van der Waals surface area contributed by atoms with Gasteiger partial charge in [-0.15, -0.1) is 0 Å². The number of carbonyl (C=O) groups is 3. The monoisotopic (exact) mass is 422 g/mol. The molecule has 1 aliphatic heterocycles. The van der Waals surface area contributed by atoms with E-state index >= 15 is 0 Å². The summed E-state index contributed by atoms with van der Waals surface area (Å²) in [6, 6.07) is 10.3. The van der Waals surface area contributed by atoms with E-state index in [1.54, 1.807) is 5.32 Å². The van der Waals surface area contributed by atoms with Crippen LogP contribution in [0.1, 0.15) is 17.3 Å². The Morgan fingerprint density at radius 2 is 1.60 bits per heavy atom. The third-order valence-corrected chi connectivity index (χ3v) is 4.52. The van der Waals surface area contributed by atoms with Gasteiger partial charge in [0.25, 0.3) is 23.3 Å². The molecule has 0 saturated carbocycles. The maximum Gasteiger partial charge on any atom is 0.425 e. The summed E-state index contributed by atoms with van der Waals surface area (Å²) in [5.41, 5.74) is -5.70. The number of rotatable bonds is 3. The van der Waals surface area contributed by atoms with Crippen molar-refractivity contribution in [2.24, 2.45) is 0 Å². The lowest BCUT2D eigenvalue weighted by Gasteiger charge is -2.31. The highest BCUT2D eigenvalue weighted by molar-refractivity contribution is 6.34. The second-order valence-electron chi connectivity index (χ2n) is 6.45. The molecule has 1 saturated heterocycles. The number of amides is 3. The van der Waals surface area contributed by atoms with Crippen molar-refractivity contribution in [3.8, 4) is 0 Å². The zero-order chi connectivity index (χ0) is 22.3. The van der Waals surface area contributed by atoms with Crippen molar-refractivity contribution >= 4 is 23.4 Å². The molecule has 2 aromatic carbocycles. The molecule has 0 bridgehead atoms. The molecule has 30 heavy (non-hydrogen) atoms. The topological polar surface area (TPSA) is 86.7 Å². The Kier molecular flexibility index (Phi) is 5.11. The highest BCUT2D eigenvalue weighted by atomic mass is 19.4. The van der Waals surface area contributed by atoms with E-state index in [1.807, 2.05) is 0 Å². The molecule has 2 N–H and O–H groups in total. The molecule has 1 fully saturated rings. The van der Waals surface area contributed by atoms with Crippen LogP contribution in [0.15, 0.2) is 65.9 Å². The van der Waals surface area contributed by atoms with Crippen LogP contribution in [0, 0.1) is 5.82 Å². The molecule has 3 rings (SSSR count). The number of anilines is 1. The molecule has 6 nitrogen and oxygen atoms in total. The molecular formula is C20H14F4N2O4. The van der Waals surface area contributed by atoms with Gasteiger partial charge in [-0.05, 0) is 43.3 Å². The molecule has 0 aromatic heterocycles.